The molecule has 48 valence electrons. The zero-order valence-electron chi connectivity index (χ0n) is 5.44. The molecule has 0 rings (SSSR count). The minimum atomic E-state index is 0.395. The van der Waals surface area contributed by atoms with Crippen molar-refractivity contribution in [2.75, 3.05) is 13.7 Å². The molecule has 0 aliphatic rings. The molecule has 0 amide bonds. The van der Waals surface area contributed by atoms with Gasteiger partial charge in [0.1, 0.15) is 0 Å². The van der Waals surface area contributed by atoms with Gasteiger partial charge in [0, 0.05) is 0 Å². The maximum absolute atomic E-state index is 4.92. The monoisotopic (exact) mass is 116 g/mol. The van der Waals surface area contributed by atoms with Crippen LogP contribution in [0, 0.1) is 0 Å². The van der Waals surface area contributed by atoms with E-state index in [1.165, 1.54) is 7.11 Å². The average molecular weight is 116 g/mol. The van der Waals surface area contributed by atoms with Crippen LogP contribution in [0.15, 0.2) is 12.5 Å². The van der Waals surface area contributed by atoms with Crippen LogP contribution in [-0.4, -0.2) is 13.7 Å². The summed E-state index contributed by atoms with van der Waals surface area (Å²) in [4.78, 5) is 0. The lowest BCUT2D eigenvalue weighted by atomic mass is 10.5. The second-order valence-electron chi connectivity index (χ2n) is 1.42. The van der Waals surface area contributed by atoms with Crippen LogP contribution in [0.3, 0.4) is 0 Å². The van der Waals surface area contributed by atoms with E-state index in [2.05, 4.69) is 11.3 Å². The van der Waals surface area contributed by atoms with Crippen LogP contribution in [0.1, 0.15) is 13.3 Å². The third-order valence-corrected chi connectivity index (χ3v) is 0.695. The molecule has 8 heavy (non-hydrogen) atoms. The summed E-state index contributed by atoms with van der Waals surface area (Å²) < 4.78 is 9.56. The average Bonchev–Trinajstić information content (AvgIpc) is 1.83. The summed E-state index contributed by atoms with van der Waals surface area (Å²) in [5.41, 5.74) is 0. The SMILES string of the molecule is C=C(OC)OCCC. The first-order valence-electron chi connectivity index (χ1n) is 2.67. The first-order valence-corrected chi connectivity index (χ1v) is 2.67. The van der Waals surface area contributed by atoms with E-state index in [0.29, 0.717) is 12.6 Å². The second kappa shape index (κ2) is 4.50. The Morgan fingerprint density at radius 3 is 2.62 bits per heavy atom. The van der Waals surface area contributed by atoms with Gasteiger partial charge in [0.05, 0.1) is 13.7 Å². The number of ether oxygens (including phenoxy) is 2. The third-order valence-electron chi connectivity index (χ3n) is 0.695. The molecule has 0 aromatic heterocycles. The summed E-state index contributed by atoms with van der Waals surface area (Å²) in [5.74, 6) is 0.395. The Kier molecular flexibility index (Phi) is 4.13. The van der Waals surface area contributed by atoms with E-state index in [9.17, 15) is 0 Å². The predicted octanol–water partition coefficient (Wildman–Crippen LogP) is 1.53. The van der Waals surface area contributed by atoms with Crippen LogP contribution in [0.4, 0.5) is 0 Å². The molecule has 0 radical (unpaired) electrons. The third kappa shape index (κ3) is 3.53. The smallest absolute Gasteiger partial charge is 0.271 e. The number of hydrogen-bond donors (Lipinski definition) is 0. The Morgan fingerprint density at radius 1 is 1.62 bits per heavy atom. The van der Waals surface area contributed by atoms with Gasteiger partial charge < -0.3 is 9.47 Å². The molecule has 0 saturated heterocycles. The van der Waals surface area contributed by atoms with Gasteiger partial charge in [-0.15, -0.1) is 0 Å². The van der Waals surface area contributed by atoms with Gasteiger partial charge in [0.25, 0.3) is 5.95 Å². The van der Waals surface area contributed by atoms with Crippen LogP contribution in [-0.2, 0) is 9.47 Å². The molecule has 0 fully saturated rings. The zero-order chi connectivity index (χ0) is 6.41. The maximum atomic E-state index is 4.92. The number of rotatable bonds is 4. The first-order chi connectivity index (χ1) is 3.81. The topological polar surface area (TPSA) is 18.5 Å². The largest absolute Gasteiger partial charge is 0.469 e. The molecule has 0 N–H and O–H groups in total. The van der Waals surface area contributed by atoms with Gasteiger partial charge >= 0.3 is 0 Å². The summed E-state index contributed by atoms with van der Waals surface area (Å²) in [6, 6.07) is 0. The fourth-order valence-corrected chi connectivity index (χ4v) is 0.275. The second-order valence-corrected chi connectivity index (χ2v) is 1.42. The van der Waals surface area contributed by atoms with E-state index in [1.54, 1.807) is 0 Å². The predicted molar refractivity (Wildman–Crippen MR) is 32.4 cm³/mol. The Bertz CT molecular complexity index is 68.9. The summed E-state index contributed by atoms with van der Waals surface area (Å²) in [7, 11) is 1.54. The quantitative estimate of drug-likeness (QED) is 0.518. The van der Waals surface area contributed by atoms with Crippen molar-refractivity contribution in [2.45, 2.75) is 13.3 Å². The minimum absolute atomic E-state index is 0.395. The molecular weight excluding hydrogens is 104 g/mol. The normalized spacial score (nSPS) is 8.25. The van der Waals surface area contributed by atoms with Crippen molar-refractivity contribution in [3.63, 3.8) is 0 Å². The molecular formula is C6H12O2. The van der Waals surface area contributed by atoms with Crippen molar-refractivity contribution in [1.82, 2.24) is 0 Å². The Hall–Kier alpha value is -0.660. The fourth-order valence-electron chi connectivity index (χ4n) is 0.275. The standard InChI is InChI=1S/C6H12O2/c1-4-5-8-6(2)7-3/h2,4-5H2,1,3H3. The van der Waals surface area contributed by atoms with Crippen molar-refractivity contribution in [2.24, 2.45) is 0 Å². The molecule has 0 spiro atoms. The summed E-state index contributed by atoms with van der Waals surface area (Å²) in [6.45, 7) is 6.18. The minimum Gasteiger partial charge on any atom is -0.469 e. The van der Waals surface area contributed by atoms with E-state index in [1.807, 2.05) is 6.92 Å². The van der Waals surface area contributed by atoms with E-state index >= 15 is 0 Å². The lowest BCUT2D eigenvalue weighted by molar-refractivity contribution is 0.0643. The van der Waals surface area contributed by atoms with E-state index in [0.717, 1.165) is 6.42 Å². The number of hydrogen-bond acceptors (Lipinski definition) is 2. The Balaban J connectivity index is 2.99. The summed E-state index contributed by atoms with van der Waals surface area (Å²) in [5, 5.41) is 0. The van der Waals surface area contributed by atoms with Crippen LogP contribution < -0.4 is 0 Å². The van der Waals surface area contributed by atoms with Gasteiger partial charge in [-0.1, -0.05) is 6.92 Å². The van der Waals surface area contributed by atoms with Crippen LogP contribution >= 0.6 is 0 Å². The highest BCUT2D eigenvalue weighted by Crippen LogP contribution is 1.92. The van der Waals surface area contributed by atoms with Crippen molar-refractivity contribution in [3.8, 4) is 0 Å². The molecule has 2 heteroatoms. The van der Waals surface area contributed by atoms with Crippen molar-refractivity contribution in [3.05, 3.63) is 12.5 Å². The summed E-state index contributed by atoms with van der Waals surface area (Å²) >= 11 is 0. The van der Waals surface area contributed by atoms with E-state index in [-0.39, 0.29) is 0 Å². The highest BCUT2D eigenvalue weighted by atomic mass is 16.7. The van der Waals surface area contributed by atoms with Gasteiger partial charge in [-0.25, -0.2) is 0 Å². The van der Waals surface area contributed by atoms with Crippen molar-refractivity contribution < 1.29 is 9.47 Å². The van der Waals surface area contributed by atoms with E-state index in [4.69, 9.17) is 4.74 Å². The molecule has 0 bridgehead atoms. The van der Waals surface area contributed by atoms with Crippen LogP contribution in [0.5, 0.6) is 0 Å². The molecule has 0 aliphatic heterocycles. The van der Waals surface area contributed by atoms with Crippen molar-refractivity contribution >= 4 is 0 Å². The fraction of sp³-hybridized carbons (Fsp3) is 0.667. The molecule has 0 aliphatic carbocycles. The number of methoxy groups -OCH3 is 1. The molecule has 0 heterocycles. The molecule has 0 atom stereocenters. The van der Waals surface area contributed by atoms with Gasteiger partial charge in [-0.2, -0.15) is 0 Å². The molecule has 0 saturated carbocycles. The maximum Gasteiger partial charge on any atom is 0.271 e. The Morgan fingerprint density at radius 2 is 2.25 bits per heavy atom. The van der Waals surface area contributed by atoms with Gasteiger partial charge in [-0.3, -0.25) is 0 Å². The zero-order valence-corrected chi connectivity index (χ0v) is 5.44. The lowest BCUT2D eigenvalue weighted by Gasteiger charge is -2.03. The highest BCUT2D eigenvalue weighted by molar-refractivity contribution is 4.65. The van der Waals surface area contributed by atoms with Crippen LogP contribution in [0.25, 0.3) is 0 Å². The lowest BCUT2D eigenvalue weighted by Crippen LogP contribution is -1.93. The van der Waals surface area contributed by atoms with Gasteiger partial charge in [0.15, 0.2) is 0 Å². The Labute approximate surface area is 50.1 Å². The van der Waals surface area contributed by atoms with E-state index < -0.39 is 0 Å². The highest BCUT2D eigenvalue weighted by Gasteiger charge is 1.86. The first kappa shape index (κ1) is 7.34. The molecule has 0 aromatic carbocycles. The van der Waals surface area contributed by atoms with Gasteiger partial charge in [0.2, 0.25) is 0 Å². The molecule has 2 nitrogen and oxygen atoms in total. The summed E-state index contributed by atoms with van der Waals surface area (Å²) in [6.07, 6.45) is 0.988. The van der Waals surface area contributed by atoms with Crippen LogP contribution in [0.2, 0.25) is 0 Å². The molecule has 0 unspecified atom stereocenters. The van der Waals surface area contributed by atoms with Gasteiger partial charge in [-0.05, 0) is 13.0 Å². The molecule has 0 aromatic rings. The van der Waals surface area contributed by atoms with Crippen molar-refractivity contribution in [1.29, 1.82) is 0 Å².